The summed E-state index contributed by atoms with van der Waals surface area (Å²) in [4.78, 5) is 38.2. The molecule has 0 spiro atoms. The third-order valence-electron chi connectivity index (χ3n) is 12.4. The van der Waals surface area contributed by atoms with Crippen molar-refractivity contribution in [2.24, 2.45) is 0 Å². The van der Waals surface area contributed by atoms with Gasteiger partial charge in [-0.1, -0.05) is 260 Å². The molecule has 0 aliphatic carbocycles. The van der Waals surface area contributed by atoms with Crippen LogP contribution >= 0.6 is 0 Å². The smallest absolute Gasteiger partial charge is 0.306 e. The van der Waals surface area contributed by atoms with Gasteiger partial charge in [-0.2, -0.15) is 0 Å². The van der Waals surface area contributed by atoms with E-state index in [1.165, 1.54) is 154 Å². The lowest BCUT2D eigenvalue weighted by molar-refractivity contribution is -0.167. The van der Waals surface area contributed by atoms with Crippen molar-refractivity contribution in [1.82, 2.24) is 0 Å². The van der Waals surface area contributed by atoms with E-state index in [-0.39, 0.29) is 37.5 Å². The molecule has 0 saturated heterocycles. The number of carbonyl (C=O) groups is 3. The lowest BCUT2D eigenvalue weighted by atomic mass is 10.0. The molecule has 6 nitrogen and oxygen atoms in total. The topological polar surface area (TPSA) is 78.9 Å². The largest absolute Gasteiger partial charge is 0.462 e. The third kappa shape index (κ3) is 55.4. The predicted molar refractivity (Wildman–Crippen MR) is 297 cm³/mol. The maximum absolute atomic E-state index is 12.8. The molecule has 0 heterocycles. The maximum Gasteiger partial charge on any atom is 0.306 e. The summed E-state index contributed by atoms with van der Waals surface area (Å²) in [6.45, 7) is 6.47. The molecule has 0 aromatic heterocycles. The fourth-order valence-electron chi connectivity index (χ4n) is 8.06. The Bertz CT molecular complexity index is 1330. The molecule has 0 N–H and O–H groups in total. The highest BCUT2D eigenvalue weighted by Crippen LogP contribution is 2.16. The third-order valence-corrected chi connectivity index (χ3v) is 12.4. The zero-order valence-electron chi connectivity index (χ0n) is 45.3. The molecule has 0 aromatic carbocycles. The second kappa shape index (κ2) is 57.2. The van der Waals surface area contributed by atoms with Crippen molar-refractivity contribution >= 4 is 17.9 Å². The van der Waals surface area contributed by atoms with Crippen LogP contribution in [0.25, 0.3) is 0 Å². The van der Waals surface area contributed by atoms with Crippen molar-refractivity contribution in [3.63, 3.8) is 0 Å². The number of ether oxygens (including phenoxy) is 3. The van der Waals surface area contributed by atoms with E-state index in [0.29, 0.717) is 19.3 Å². The van der Waals surface area contributed by atoms with Crippen LogP contribution in [0.3, 0.4) is 0 Å². The number of esters is 3. The Balaban J connectivity index is 4.45. The van der Waals surface area contributed by atoms with Gasteiger partial charge in [-0.15, -0.1) is 0 Å². The average Bonchev–Trinajstić information content (AvgIpc) is 3.35. The Kier molecular flexibility index (Phi) is 54.3. The maximum atomic E-state index is 12.8. The van der Waals surface area contributed by atoms with E-state index in [9.17, 15) is 14.4 Å². The van der Waals surface area contributed by atoms with Crippen molar-refractivity contribution in [1.29, 1.82) is 0 Å². The van der Waals surface area contributed by atoms with Gasteiger partial charge in [0.15, 0.2) is 6.10 Å². The first kappa shape index (κ1) is 65.6. The van der Waals surface area contributed by atoms with E-state index in [0.717, 1.165) is 77.0 Å². The molecule has 0 rings (SSSR count). The summed E-state index contributed by atoms with van der Waals surface area (Å²) in [5.74, 6) is -0.952. The normalized spacial score (nSPS) is 12.7. The van der Waals surface area contributed by atoms with Crippen molar-refractivity contribution in [2.75, 3.05) is 13.2 Å². The molecule has 1 atom stereocenters. The van der Waals surface area contributed by atoms with E-state index in [1.54, 1.807) is 0 Å². The van der Waals surface area contributed by atoms with Gasteiger partial charge in [0.25, 0.3) is 0 Å². The molecule has 0 saturated carbocycles. The monoisotopic (exact) mass is 961 g/mol. The molecule has 0 radical (unpaired) electrons. The number of unbranched alkanes of at least 4 members (excludes halogenated alkanes) is 28. The highest BCUT2D eigenvalue weighted by molar-refractivity contribution is 5.71. The highest BCUT2D eigenvalue weighted by Gasteiger charge is 2.19. The summed E-state index contributed by atoms with van der Waals surface area (Å²) in [5, 5.41) is 0. The van der Waals surface area contributed by atoms with Crippen molar-refractivity contribution in [3.8, 4) is 0 Å². The summed E-state index contributed by atoms with van der Waals surface area (Å²) in [5.41, 5.74) is 0. The van der Waals surface area contributed by atoms with Gasteiger partial charge in [0.1, 0.15) is 13.2 Å². The molecular formula is C63H108O6. The quantitative estimate of drug-likeness (QED) is 0.0199. The van der Waals surface area contributed by atoms with Gasteiger partial charge in [-0.05, 0) is 83.5 Å². The molecule has 0 aliphatic heterocycles. The van der Waals surface area contributed by atoms with E-state index in [4.69, 9.17) is 14.2 Å². The second-order valence-corrected chi connectivity index (χ2v) is 19.2. The fourth-order valence-corrected chi connectivity index (χ4v) is 8.06. The van der Waals surface area contributed by atoms with Crippen LogP contribution in [-0.4, -0.2) is 37.2 Å². The molecule has 396 valence electrons. The first-order valence-electron chi connectivity index (χ1n) is 29.1. The Labute approximate surface area is 426 Å². The highest BCUT2D eigenvalue weighted by atomic mass is 16.6. The van der Waals surface area contributed by atoms with E-state index in [2.05, 4.69) is 106 Å². The Morgan fingerprint density at radius 1 is 0.319 bits per heavy atom. The van der Waals surface area contributed by atoms with E-state index < -0.39 is 6.10 Å². The minimum atomic E-state index is -0.807. The van der Waals surface area contributed by atoms with E-state index in [1.807, 2.05) is 0 Å². The van der Waals surface area contributed by atoms with Gasteiger partial charge in [0.05, 0.1) is 0 Å². The Hall–Kier alpha value is -3.41. The molecule has 1 unspecified atom stereocenters. The summed E-state index contributed by atoms with van der Waals surface area (Å²) in [6.07, 6.45) is 74.3. The number of rotatable bonds is 52. The molecular weight excluding hydrogens is 853 g/mol. The van der Waals surface area contributed by atoms with Crippen LogP contribution in [-0.2, 0) is 28.6 Å². The molecule has 6 heteroatoms. The lowest BCUT2D eigenvalue weighted by Crippen LogP contribution is -2.30. The van der Waals surface area contributed by atoms with Crippen molar-refractivity contribution in [2.45, 2.75) is 284 Å². The summed E-state index contributed by atoms with van der Waals surface area (Å²) >= 11 is 0. The van der Waals surface area contributed by atoms with Crippen LogP contribution in [0.5, 0.6) is 0 Å². The zero-order chi connectivity index (χ0) is 50.0. The van der Waals surface area contributed by atoms with Gasteiger partial charge in [-0.25, -0.2) is 0 Å². The average molecular weight is 962 g/mol. The minimum Gasteiger partial charge on any atom is -0.462 e. The van der Waals surface area contributed by atoms with Gasteiger partial charge in [0, 0.05) is 19.3 Å². The molecule has 0 bridgehead atoms. The zero-order valence-corrected chi connectivity index (χ0v) is 45.3. The minimum absolute atomic E-state index is 0.0980. The molecule has 0 fully saturated rings. The summed E-state index contributed by atoms with van der Waals surface area (Å²) in [6, 6.07) is 0. The van der Waals surface area contributed by atoms with Gasteiger partial charge >= 0.3 is 17.9 Å². The van der Waals surface area contributed by atoms with Crippen LogP contribution in [0, 0.1) is 0 Å². The Morgan fingerprint density at radius 2 is 0.623 bits per heavy atom. The van der Waals surface area contributed by atoms with Crippen LogP contribution < -0.4 is 0 Å². The number of carbonyl (C=O) groups excluding carboxylic acids is 3. The van der Waals surface area contributed by atoms with Crippen LogP contribution in [0.15, 0.2) is 85.1 Å². The van der Waals surface area contributed by atoms with Crippen LogP contribution in [0.1, 0.15) is 278 Å². The first-order valence-corrected chi connectivity index (χ1v) is 29.1. The van der Waals surface area contributed by atoms with Gasteiger partial charge in [0.2, 0.25) is 0 Å². The number of hydrogen-bond donors (Lipinski definition) is 0. The predicted octanol–water partition coefficient (Wildman–Crippen LogP) is 19.5. The lowest BCUT2D eigenvalue weighted by Gasteiger charge is -2.18. The summed E-state index contributed by atoms with van der Waals surface area (Å²) < 4.78 is 16.8. The van der Waals surface area contributed by atoms with Gasteiger partial charge < -0.3 is 14.2 Å². The molecule has 0 aromatic rings. The first-order chi connectivity index (χ1) is 34.0. The van der Waals surface area contributed by atoms with Crippen molar-refractivity contribution < 1.29 is 28.6 Å². The summed E-state index contributed by atoms with van der Waals surface area (Å²) in [7, 11) is 0. The van der Waals surface area contributed by atoms with Crippen LogP contribution in [0.2, 0.25) is 0 Å². The van der Waals surface area contributed by atoms with Gasteiger partial charge in [-0.3, -0.25) is 14.4 Å². The number of allylic oxidation sites excluding steroid dienone is 14. The molecule has 0 amide bonds. The number of hydrogen-bond acceptors (Lipinski definition) is 6. The Morgan fingerprint density at radius 3 is 1.03 bits per heavy atom. The van der Waals surface area contributed by atoms with E-state index >= 15 is 0 Å². The van der Waals surface area contributed by atoms with Crippen LogP contribution in [0.4, 0.5) is 0 Å². The standard InChI is InChI=1S/C63H108O6/c1-4-7-10-13-16-19-22-25-28-30-31-33-35-38-41-44-47-50-53-56-62(65)68-59-60(58-67-61(64)55-52-49-46-43-40-37-34-27-24-21-18-15-12-9-6-3)69-63(66)57-54-51-48-45-42-39-36-32-29-26-23-20-17-14-11-8-5-2/h8,11,16-17,19-20,22,25-26,29,36,39,45,48,60H,4-7,9-10,12-15,18,21,23-24,27-28,30-35,37-38,40-44,46-47,49-59H2,1-3H3/b11-8-,19-16-,20-17-,25-22-,29-26-,39-36-,48-45-. The fraction of sp³-hybridized carbons (Fsp3) is 0.730. The molecule has 0 aliphatic rings. The second-order valence-electron chi connectivity index (χ2n) is 19.2. The van der Waals surface area contributed by atoms with Crippen molar-refractivity contribution in [3.05, 3.63) is 85.1 Å². The molecule has 69 heavy (non-hydrogen) atoms. The SMILES string of the molecule is CC/C=C\C/C=C\C/C=C\C/C=C\C/C=C\CCCC(=O)OC(COC(=O)CCCCCCCCCCCC/C=C\C=C/CCCCC)COC(=O)CCCCCCCCCCCCCCCCC.